The van der Waals surface area contributed by atoms with E-state index >= 15 is 0 Å². The molecule has 0 bridgehead atoms. The van der Waals surface area contributed by atoms with E-state index in [4.69, 9.17) is 9.47 Å². The summed E-state index contributed by atoms with van der Waals surface area (Å²) in [4.78, 5) is 0. The van der Waals surface area contributed by atoms with Gasteiger partial charge in [0.15, 0.2) is 0 Å². The van der Waals surface area contributed by atoms with Gasteiger partial charge in [-0.3, -0.25) is 0 Å². The molecule has 3 heteroatoms. The third-order valence-electron chi connectivity index (χ3n) is 5.27. The zero-order valence-corrected chi connectivity index (χ0v) is 14.4. The molecule has 1 heterocycles. The molecule has 0 aromatic heterocycles. The van der Waals surface area contributed by atoms with Crippen LogP contribution in [0.4, 0.5) is 0 Å². The van der Waals surface area contributed by atoms with Crippen LogP contribution in [-0.2, 0) is 4.74 Å². The third kappa shape index (κ3) is 4.95. The first-order valence-corrected chi connectivity index (χ1v) is 9.39. The Kier molecular flexibility index (Phi) is 6.35. The molecular weight excluding hydrogens is 286 g/mol. The largest absolute Gasteiger partial charge is 0.491 e. The summed E-state index contributed by atoms with van der Waals surface area (Å²) >= 11 is 0. The standard InChI is InChI=1S/C20H31NO2/c1-16(21-14-17-8-3-2-4-9-17)19-11-5-6-12-20(19)23-15-18-10-7-13-22-18/h5-6,11-12,16-18,21H,2-4,7-10,13-15H2,1H3. The lowest BCUT2D eigenvalue weighted by atomic mass is 9.89. The number of para-hydroxylation sites is 1. The van der Waals surface area contributed by atoms with Gasteiger partial charge in [-0.25, -0.2) is 0 Å². The Hall–Kier alpha value is -1.06. The van der Waals surface area contributed by atoms with Crippen molar-refractivity contribution in [2.75, 3.05) is 19.8 Å². The SMILES string of the molecule is CC(NCC1CCCCC1)c1ccccc1OCC1CCCO1. The van der Waals surface area contributed by atoms with Crippen LogP contribution in [-0.4, -0.2) is 25.9 Å². The maximum Gasteiger partial charge on any atom is 0.124 e. The van der Waals surface area contributed by atoms with Crippen LogP contribution in [0.3, 0.4) is 0 Å². The summed E-state index contributed by atoms with van der Waals surface area (Å²) in [6, 6.07) is 8.76. The van der Waals surface area contributed by atoms with Gasteiger partial charge in [-0.2, -0.15) is 0 Å². The van der Waals surface area contributed by atoms with E-state index in [0.29, 0.717) is 12.6 Å². The molecule has 1 saturated carbocycles. The fraction of sp³-hybridized carbons (Fsp3) is 0.700. The van der Waals surface area contributed by atoms with E-state index < -0.39 is 0 Å². The Bertz CT molecular complexity index is 464. The van der Waals surface area contributed by atoms with Crippen LogP contribution < -0.4 is 10.1 Å². The highest BCUT2D eigenvalue weighted by Crippen LogP contribution is 2.27. The van der Waals surface area contributed by atoms with E-state index in [1.54, 1.807) is 0 Å². The first kappa shape index (κ1) is 16.8. The minimum atomic E-state index is 0.272. The van der Waals surface area contributed by atoms with Crippen molar-refractivity contribution < 1.29 is 9.47 Å². The van der Waals surface area contributed by atoms with E-state index in [1.165, 1.54) is 37.7 Å². The molecule has 0 amide bonds. The monoisotopic (exact) mass is 317 g/mol. The summed E-state index contributed by atoms with van der Waals surface area (Å²) in [6.07, 6.45) is 9.56. The van der Waals surface area contributed by atoms with Crippen LogP contribution >= 0.6 is 0 Å². The van der Waals surface area contributed by atoms with E-state index in [9.17, 15) is 0 Å². The molecule has 1 aliphatic carbocycles. The fourth-order valence-corrected chi connectivity index (χ4v) is 3.77. The molecule has 2 atom stereocenters. The van der Waals surface area contributed by atoms with Crippen molar-refractivity contribution in [1.29, 1.82) is 0 Å². The molecule has 1 aromatic rings. The molecule has 2 aliphatic rings. The number of nitrogens with one attached hydrogen (secondary N) is 1. The van der Waals surface area contributed by atoms with Gasteiger partial charge in [0.1, 0.15) is 12.4 Å². The van der Waals surface area contributed by atoms with Crippen molar-refractivity contribution in [2.45, 2.75) is 64.0 Å². The van der Waals surface area contributed by atoms with E-state index in [-0.39, 0.29) is 6.10 Å². The molecule has 1 aliphatic heterocycles. The molecule has 0 radical (unpaired) electrons. The third-order valence-corrected chi connectivity index (χ3v) is 5.27. The molecule has 23 heavy (non-hydrogen) atoms. The van der Waals surface area contributed by atoms with Gasteiger partial charge in [0.25, 0.3) is 0 Å². The number of ether oxygens (including phenoxy) is 2. The second-order valence-corrected chi connectivity index (χ2v) is 7.12. The van der Waals surface area contributed by atoms with Crippen molar-refractivity contribution in [2.24, 2.45) is 5.92 Å². The molecule has 0 spiro atoms. The Morgan fingerprint density at radius 2 is 1.96 bits per heavy atom. The van der Waals surface area contributed by atoms with Gasteiger partial charge in [0.2, 0.25) is 0 Å². The molecule has 3 nitrogen and oxygen atoms in total. The Morgan fingerprint density at radius 1 is 1.13 bits per heavy atom. The Morgan fingerprint density at radius 3 is 2.74 bits per heavy atom. The molecular formula is C20H31NO2. The number of rotatable bonds is 7. The van der Waals surface area contributed by atoms with Crippen LogP contribution in [0.5, 0.6) is 5.75 Å². The summed E-state index contributed by atoms with van der Waals surface area (Å²) in [5, 5.41) is 3.73. The molecule has 3 rings (SSSR count). The van der Waals surface area contributed by atoms with Crippen molar-refractivity contribution in [3.05, 3.63) is 29.8 Å². The minimum Gasteiger partial charge on any atom is -0.491 e. The maximum atomic E-state index is 6.07. The van der Waals surface area contributed by atoms with Gasteiger partial charge < -0.3 is 14.8 Å². The molecule has 2 fully saturated rings. The summed E-state index contributed by atoms with van der Waals surface area (Å²) in [5.74, 6) is 1.86. The van der Waals surface area contributed by atoms with Gasteiger partial charge in [-0.1, -0.05) is 37.5 Å². The summed E-state index contributed by atoms with van der Waals surface area (Å²) < 4.78 is 11.7. The second kappa shape index (κ2) is 8.70. The molecule has 2 unspecified atom stereocenters. The summed E-state index contributed by atoms with van der Waals surface area (Å²) in [5.41, 5.74) is 1.27. The van der Waals surface area contributed by atoms with Crippen LogP contribution in [0.15, 0.2) is 24.3 Å². The smallest absolute Gasteiger partial charge is 0.124 e. The number of hydrogen-bond acceptors (Lipinski definition) is 3. The fourth-order valence-electron chi connectivity index (χ4n) is 3.77. The molecule has 1 N–H and O–H groups in total. The van der Waals surface area contributed by atoms with Crippen molar-refractivity contribution >= 4 is 0 Å². The lowest BCUT2D eigenvalue weighted by molar-refractivity contribution is 0.0674. The normalized spacial score (nSPS) is 23.8. The predicted molar refractivity (Wildman–Crippen MR) is 93.9 cm³/mol. The molecule has 128 valence electrons. The quantitative estimate of drug-likeness (QED) is 0.804. The average molecular weight is 317 g/mol. The van der Waals surface area contributed by atoms with Gasteiger partial charge in [-0.05, 0) is 51.1 Å². The minimum absolute atomic E-state index is 0.272. The van der Waals surface area contributed by atoms with Crippen molar-refractivity contribution in [3.63, 3.8) is 0 Å². The Balaban J connectivity index is 1.52. The van der Waals surface area contributed by atoms with Crippen molar-refractivity contribution in [3.8, 4) is 5.75 Å². The zero-order chi connectivity index (χ0) is 15.9. The lowest BCUT2D eigenvalue weighted by Crippen LogP contribution is -2.27. The van der Waals surface area contributed by atoms with E-state index in [0.717, 1.165) is 37.7 Å². The van der Waals surface area contributed by atoms with Gasteiger partial charge in [0.05, 0.1) is 6.10 Å². The highest BCUT2D eigenvalue weighted by atomic mass is 16.5. The number of benzene rings is 1. The zero-order valence-electron chi connectivity index (χ0n) is 14.4. The van der Waals surface area contributed by atoms with Crippen LogP contribution in [0.1, 0.15) is 63.5 Å². The average Bonchev–Trinajstić information content (AvgIpc) is 3.12. The number of hydrogen-bond donors (Lipinski definition) is 1. The topological polar surface area (TPSA) is 30.5 Å². The molecule has 1 aromatic carbocycles. The highest BCUT2D eigenvalue weighted by molar-refractivity contribution is 5.35. The maximum absolute atomic E-state index is 6.07. The summed E-state index contributed by atoms with van der Waals surface area (Å²) in [7, 11) is 0. The van der Waals surface area contributed by atoms with Gasteiger partial charge in [-0.15, -0.1) is 0 Å². The van der Waals surface area contributed by atoms with Gasteiger partial charge >= 0.3 is 0 Å². The first-order valence-electron chi connectivity index (χ1n) is 9.39. The highest BCUT2D eigenvalue weighted by Gasteiger charge is 2.19. The van der Waals surface area contributed by atoms with Gasteiger partial charge in [0, 0.05) is 18.2 Å². The van der Waals surface area contributed by atoms with E-state index in [1.807, 2.05) is 0 Å². The first-order chi connectivity index (χ1) is 11.3. The summed E-state index contributed by atoms with van der Waals surface area (Å²) in [6.45, 7) is 4.93. The van der Waals surface area contributed by atoms with Crippen LogP contribution in [0.25, 0.3) is 0 Å². The molecule has 1 saturated heterocycles. The van der Waals surface area contributed by atoms with E-state index in [2.05, 4.69) is 36.5 Å². The van der Waals surface area contributed by atoms with Crippen LogP contribution in [0, 0.1) is 5.92 Å². The lowest BCUT2D eigenvalue weighted by Gasteiger charge is -2.25. The second-order valence-electron chi connectivity index (χ2n) is 7.12. The Labute approximate surface area is 140 Å². The predicted octanol–water partition coefficient (Wildman–Crippen LogP) is 4.48. The van der Waals surface area contributed by atoms with Crippen molar-refractivity contribution in [1.82, 2.24) is 5.32 Å². The van der Waals surface area contributed by atoms with Crippen LogP contribution in [0.2, 0.25) is 0 Å².